The molecule has 2 aromatic carbocycles. The van der Waals surface area contributed by atoms with Gasteiger partial charge in [0, 0.05) is 22.3 Å². The summed E-state index contributed by atoms with van der Waals surface area (Å²) in [6, 6.07) is 9.86. The van der Waals surface area contributed by atoms with Crippen LogP contribution in [0.4, 0.5) is 0 Å². The molecule has 79 heavy (non-hydrogen) atoms. The molecule has 0 spiro atoms. The predicted molar refractivity (Wildman–Crippen MR) is 353 cm³/mol. The van der Waals surface area contributed by atoms with Crippen molar-refractivity contribution >= 4 is 11.4 Å². The number of benzene rings is 2. The number of allylic oxidation sites excluding steroid dienone is 2. The second-order valence-electron chi connectivity index (χ2n) is 24.6. The van der Waals surface area contributed by atoms with Gasteiger partial charge >= 0.3 is 166 Å². The summed E-state index contributed by atoms with van der Waals surface area (Å²) in [7, 11) is 0. The number of aryl methyl sites for hydroxylation is 4. The van der Waals surface area contributed by atoms with Crippen LogP contribution in [0.2, 0.25) is 10.8 Å². The first kappa shape index (κ1) is 73.1. The monoisotopic (exact) mass is 1130 g/mol. The molecule has 0 unspecified atom stereocenters. The molecular formula is C76H134N2Ni. The molecule has 1 aliphatic rings. The van der Waals surface area contributed by atoms with E-state index in [4.69, 9.17) is 0 Å². The Bertz CT molecular complexity index is 1780. The molecule has 0 saturated carbocycles. The molecule has 458 valence electrons. The fraction of sp³-hybridized carbons (Fsp3) is 0.789. The molecule has 1 aliphatic heterocycles. The number of hydrogen-bond acceptors (Lipinski definition) is 0. The van der Waals surface area contributed by atoms with Gasteiger partial charge in [-0.2, -0.15) is 0 Å². The third-order valence-corrected chi connectivity index (χ3v) is 18.5. The molecule has 2 nitrogen and oxygen atoms in total. The van der Waals surface area contributed by atoms with Crippen molar-refractivity contribution in [2.24, 2.45) is 0 Å². The Hall–Kier alpha value is -1.99. The van der Waals surface area contributed by atoms with Crippen LogP contribution in [0, 0.1) is 0 Å². The molecule has 0 amide bonds. The van der Waals surface area contributed by atoms with Gasteiger partial charge in [0.15, 0.2) is 0 Å². The van der Waals surface area contributed by atoms with Gasteiger partial charge in [-0.3, -0.25) is 0 Å². The summed E-state index contributed by atoms with van der Waals surface area (Å²) in [6.07, 6.45) is 64.2. The average molecular weight is 1130 g/mol. The van der Waals surface area contributed by atoms with Gasteiger partial charge < -0.3 is 5.53 Å². The van der Waals surface area contributed by atoms with Crippen molar-refractivity contribution in [1.29, 1.82) is 0 Å². The minimum absolute atomic E-state index is 1.02. The van der Waals surface area contributed by atoms with Crippen LogP contribution in [0.25, 0.3) is 16.9 Å². The third kappa shape index (κ3) is 30.9. The van der Waals surface area contributed by atoms with E-state index in [1.165, 1.54) is 274 Å². The van der Waals surface area contributed by atoms with Gasteiger partial charge in [-0.1, -0.05) is 172 Å². The van der Waals surface area contributed by atoms with E-state index in [0.717, 1.165) is 101 Å². The fourth-order valence-electron chi connectivity index (χ4n) is 12.6. The van der Waals surface area contributed by atoms with E-state index in [0.29, 0.717) is 0 Å². The zero-order valence-corrected chi connectivity index (χ0v) is 55.9. The van der Waals surface area contributed by atoms with E-state index >= 15 is 0 Å². The van der Waals surface area contributed by atoms with Crippen LogP contribution < -0.4 is 0 Å². The standard InChI is InChI=1S/C44H68N2.2C16H33.Ni/c1-9-17-19-20-28-42-41(27-18-10-2)43(37-29-33(21-11-3)39(25-15-7)34(30-37)22-12-4)46(45)44(42)38-31-35(23-13-5)40(26-16-8)36(32-38)24-14-6;2*1-3-5-7-9-11-13-15-16-14-12-10-8-6-4-2;/h29-32H,9-28H2,1-8H3;2*1,3-16H2,2H3;. The Balaban J connectivity index is 0.000000573. The van der Waals surface area contributed by atoms with Crippen LogP contribution in [-0.4, -0.2) is 4.70 Å². The van der Waals surface area contributed by atoms with Crippen molar-refractivity contribution in [3.8, 4) is 0 Å². The molecule has 0 radical (unpaired) electrons. The average Bonchev–Trinajstić information content (AvgIpc) is 3.80. The first-order valence-electron chi connectivity index (χ1n) is 35.6. The molecule has 0 bridgehead atoms. The second-order valence-corrected chi connectivity index (χ2v) is 26.1. The van der Waals surface area contributed by atoms with Crippen LogP contribution in [0.3, 0.4) is 0 Å². The molecule has 2 aromatic rings. The number of nitrogens with zero attached hydrogens (tertiary/aromatic N) is 2. The summed E-state index contributed by atoms with van der Waals surface area (Å²) in [5.74, 6) is 0. The molecule has 1 heterocycles. The number of hydrogen-bond donors (Lipinski definition) is 0. The predicted octanol–water partition coefficient (Wildman–Crippen LogP) is 26.6. The minimum Gasteiger partial charge on any atom is -0.0654 e. The van der Waals surface area contributed by atoms with Crippen molar-refractivity contribution in [3.05, 3.63) is 85.5 Å². The quantitative estimate of drug-likeness (QED) is 0.0358. The Morgan fingerprint density at radius 3 is 0.772 bits per heavy atom. The minimum atomic E-state index is 1.02. The molecule has 3 rings (SSSR count). The summed E-state index contributed by atoms with van der Waals surface area (Å²) >= 11 is 2.04. The molecule has 0 fully saturated rings. The Morgan fingerprint density at radius 2 is 0.506 bits per heavy atom. The summed E-state index contributed by atoms with van der Waals surface area (Å²) in [5, 5.41) is 2.87. The van der Waals surface area contributed by atoms with Crippen LogP contribution >= 0.6 is 0 Å². The smallest absolute Gasteiger partial charge is 0.0654 e. The van der Waals surface area contributed by atoms with E-state index < -0.39 is 0 Å². The second kappa shape index (κ2) is 50.5. The molecule has 0 aromatic heterocycles. The van der Waals surface area contributed by atoms with Crippen molar-refractivity contribution in [3.63, 3.8) is 0 Å². The van der Waals surface area contributed by atoms with Crippen LogP contribution in [-0.2, 0) is 53.0 Å². The molecule has 0 N–H and O–H groups in total. The topological polar surface area (TPSA) is 25.3 Å². The Kier molecular flexibility index (Phi) is 46.8. The molecule has 3 heteroatoms. The van der Waals surface area contributed by atoms with E-state index in [1.54, 1.807) is 15.8 Å². The summed E-state index contributed by atoms with van der Waals surface area (Å²) in [5.41, 5.74) is 29.1. The maximum atomic E-state index is 12.5. The molecule has 0 aliphatic carbocycles. The Labute approximate surface area is 501 Å². The van der Waals surface area contributed by atoms with Gasteiger partial charge in [0.05, 0.1) is 0 Å². The van der Waals surface area contributed by atoms with Gasteiger partial charge in [0.2, 0.25) is 11.4 Å². The summed E-state index contributed by atoms with van der Waals surface area (Å²) < 4.78 is 1.67. The van der Waals surface area contributed by atoms with Gasteiger partial charge in [-0.25, -0.2) is 4.70 Å². The van der Waals surface area contributed by atoms with Crippen molar-refractivity contribution in [1.82, 2.24) is 0 Å². The number of unbranched alkanes of at least 4 members (excludes halogenated alkanes) is 30. The zero-order valence-electron chi connectivity index (χ0n) is 54.9. The summed E-state index contributed by atoms with van der Waals surface area (Å²) in [6.45, 7) is 23.1. The molecular weight excluding hydrogens is 1000 g/mol. The van der Waals surface area contributed by atoms with Gasteiger partial charge in [0.1, 0.15) is 0 Å². The van der Waals surface area contributed by atoms with Gasteiger partial charge in [-0.15, -0.1) is 0 Å². The van der Waals surface area contributed by atoms with E-state index in [2.05, 4.69) is 93.5 Å². The first-order valence-corrected chi connectivity index (χ1v) is 37.0. The normalized spacial score (nSPS) is 12.7. The van der Waals surface area contributed by atoms with Crippen LogP contribution in [0.15, 0.2) is 35.4 Å². The van der Waals surface area contributed by atoms with Crippen LogP contribution in [0.1, 0.15) is 383 Å². The van der Waals surface area contributed by atoms with Crippen molar-refractivity contribution < 1.29 is 19.1 Å². The van der Waals surface area contributed by atoms with Crippen molar-refractivity contribution in [2.45, 2.75) is 388 Å². The zero-order chi connectivity index (χ0) is 57.4. The van der Waals surface area contributed by atoms with Gasteiger partial charge in [-0.05, 0) is 122 Å². The number of rotatable bonds is 52. The molecule has 0 saturated heterocycles. The van der Waals surface area contributed by atoms with E-state index in [-0.39, 0.29) is 0 Å². The van der Waals surface area contributed by atoms with E-state index in [9.17, 15) is 5.53 Å². The van der Waals surface area contributed by atoms with E-state index in [1.807, 2.05) is 14.4 Å². The third-order valence-electron chi connectivity index (χ3n) is 17.1. The SMILES string of the molecule is CCCCCCC1=C(c2cc(CCC)c(CCC)c(CCC)c2)[N+](=[N-])C(c2cc(CCC)c(CCC)c(CCC)c2)=C1CCCC.CCCCCCCCCCCCCCC[CH2][Ni][CH2]CCCCCCCCCCCCCCC. The fourth-order valence-corrected chi connectivity index (χ4v) is 13.9. The summed E-state index contributed by atoms with van der Waals surface area (Å²) in [4.78, 5) is 0. The van der Waals surface area contributed by atoms with Gasteiger partial charge in [0.25, 0.3) is 0 Å². The van der Waals surface area contributed by atoms with Crippen molar-refractivity contribution in [2.75, 3.05) is 0 Å². The molecule has 0 atom stereocenters. The first-order chi connectivity index (χ1) is 38.8. The Morgan fingerprint density at radius 1 is 0.266 bits per heavy atom. The maximum absolute atomic E-state index is 12.5. The van der Waals surface area contributed by atoms with Crippen LogP contribution in [0.5, 0.6) is 0 Å².